The van der Waals surface area contributed by atoms with Crippen LogP contribution >= 0.6 is 24.0 Å². The number of sulfone groups is 1. The van der Waals surface area contributed by atoms with E-state index in [0.717, 1.165) is 11.5 Å². The number of rotatable bonds is 5. The fourth-order valence-electron chi connectivity index (χ4n) is 1.93. The van der Waals surface area contributed by atoms with E-state index in [1.165, 1.54) is 11.8 Å². The second kappa shape index (κ2) is 7.28. The van der Waals surface area contributed by atoms with Crippen LogP contribution in [0, 0.1) is 0 Å². The maximum absolute atomic E-state index is 11.3. The zero-order valence-corrected chi connectivity index (χ0v) is 13.4. The Bertz CT molecular complexity index is 545. The monoisotopic (exact) mass is 331 g/mol. The number of hydrogen-bond acceptors (Lipinski definition) is 5. The Balaban J connectivity index is 1.61. The van der Waals surface area contributed by atoms with E-state index in [1.807, 2.05) is 30.3 Å². The molecule has 1 aromatic rings. The number of nitrogens with one attached hydrogen (secondary N) is 1. The molecule has 110 valence electrons. The average Bonchev–Trinajstić information content (AvgIpc) is 2.75. The lowest BCUT2D eigenvalue weighted by Gasteiger charge is -2.12. The minimum absolute atomic E-state index is 0.0324. The molecule has 0 aliphatic carbocycles. The van der Waals surface area contributed by atoms with Crippen LogP contribution in [0.2, 0.25) is 0 Å². The first-order valence-electron chi connectivity index (χ1n) is 6.37. The Kier molecular flexibility index (Phi) is 5.68. The molecular weight excluding hydrogens is 314 g/mol. The lowest BCUT2D eigenvalue weighted by Crippen LogP contribution is -2.33. The molecule has 1 N–H and O–H groups in total. The van der Waals surface area contributed by atoms with Crippen LogP contribution in [0.3, 0.4) is 0 Å². The summed E-state index contributed by atoms with van der Waals surface area (Å²) in [6.07, 6.45) is 0.642. The van der Waals surface area contributed by atoms with Gasteiger partial charge in [0.05, 0.1) is 18.1 Å². The van der Waals surface area contributed by atoms with Gasteiger partial charge in [0.25, 0.3) is 0 Å². The molecule has 1 fully saturated rings. The SMILES string of the molecule is O=S1(=O)CC[C@H](NC(=S)SCCOc2ccccc2)C1. The minimum Gasteiger partial charge on any atom is -0.493 e. The van der Waals surface area contributed by atoms with E-state index in [2.05, 4.69) is 5.32 Å². The van der Waals surface area contributed by atoms with Gasteiger partial charge < -0.3 is 10.1 Å². The molecule has 1 aliphatic rings. The molecule has 0 bridgehead atoms. The maximum Gasteiger partial charge on any atom is 0.152 e. The third-order valence-corrected chi connectivity index (χ3v) is 5.87. The normalized spacial score (nSPS) is 20.5. The highest BCUT2D eigenvalue weighted by atomic mass is 32.2. The fraction of sp³-hybridized carbons (Fsp3) is 0.462. The van der Waals surface area contributed by atoms with E-state index < -0.39 is 9.84 Å². The molecule has 1 aromatic carbocycles. The Labute approximate surface area is 129 Å². The van der Waals surface area contributed by atoms with Gasteiger partial charge in [-0.2, -0.15) is 0 Å². The van der Waals surface area contributed by atoms with E-state index in [1.54, 1.807) is 0 Å². The molecule has 1 heterocycles. The van der Waals surface area contributed by atoms with Crippen molar-refractivity contribution < 1.29 is 13.2 Å². The predicted molar refractivity (Wildman–Crippen MR) is 87.2 cm³/mol. The van der Waals surface area contributed by atoms with Crippen LogP contribution in [0.4, 0.5) is 0 Å². The summed E-state index contributed by atoms with van der Waals surface area (Å²) in [5.41, 5.74) is 0. The lowest BCUT2D eigenvalue weighted by molar-refractivity contribution is 0.344. The number of ether oxygens (including phenoxy) is 1. The molecule has 1 aliphatic heterocycles. The van der Waals surface area contributed by atoms with Crippen molar-refractivity contribution in [3.8, 4) is 5.75 Å². The zero-order chi connectivity index (χ0) is 14.4. The van der Waals surface area contributed by atoms with Crippen molar-refractivity contribution in [1.29, 1.82) is 0 Å². The van der Waals surface area contributed by atoms with Crippen molar-refractivity contribution in [2.75, 3.05) is 23.9 Å². The van der Waals surface area contributed by atoms with E-state index in [0.29, 0.717) is 17.3 Å². The van der Waals surface area contributed by atoms with Gasteiger partial charge in [-0.1, -0.05) is 42.2 Å². The molecule has 0 amide bonds. The summed E-state index contributed by atoms with van der Waals surface area (Å²) in [5.74, 6) is 2.03. The first kappa shape index (κ1) is 15.6. The van der Waals surface area contributed by atoms with Gasteiger partial charge in [-0.3, -0.25) is 0 Å². The Morgan fingerprint density at radius 2 is 2.15 bits per heavy atom. The predicted octanol–water partition coefficient (Wildman–Crippen LogP) is 1.86. The summed E-state index contributed by atoms with van der Waals surface area (Å²) in [5, 5.41) is 3.09. The second-order valence-corrected chi connectivity index (χ2v) is 8.54. The Morgan fingerprint density at radius 3 is 2.80 bits per heavy atom. The summed E-state index contributed by atoms with van der Waals surface area (Å²) >= 11 is 6.68. The van der Waals surface area contributed by atoms with Gasteiger partial charge in [-0.25, -0.2) is 8.42 Å². The van der Waals surface area contributed by atoms with Crippen LogP contribution in [0.5, 0.6) is 5.75 Å². The maximum atomic E-state index is 11.3. The molecule has 2 rings (SSSR count). The minimum atomic E-state index is -2.86. The zero-order valence-electron chi connectivity index (χ0n) is 10.9. The number of para-hydroxylation sites is 1. The molecule has 0 spiro atoms. The molecule has 1 atom stereocenters. The van der Waals surface area contributed by atoms with E-state index in [-0.39, 0.29) is 17.5 Å². The summed E-state index contributed by atoms with van der Waals surface area (Å²) in [6, 6.07) is 9.57. The fourth-order valence-corrected chi connectivity index (χ4v) is 4.62. The molecule has 7 heteroatoms. The highest BCUT2D eigenvalue weighted by Crippen LogP contribution is 2.14. The molecule has 0 saturated carbocycles. The molecule has 0 unspecified atom stereocenters. The Hall–Kier alpha value is -0.790. The summed E-state index contributed by atoms with van der Waals surface area (Å²) < 4.78 is 28.9. The molecule has 0 radical (unpaired) electrons. The molecule has 20 heavy (non-hydrogen) atoms. The first-order chi connectivity index (χ1) is 9.55. The summed E-state index contributed by atoms with van der Waals surface area (Å²) in [4.78, 5) is 0. The lowest BCUT2D eigenvalue weighted by atomic mass is 10.3. The molecule has 0 aromatic heterocycles. The van der Waals surface area contributed by atoms with Gasteiger partial charge in [-0.05, 0) is 18.6 Å². The summed E-state index contributed by atoms with van der Waals surface area (Å²) in [7, 11) is -2.86. The van der Waals surface area contributed by atoms with Crippen molar-refractivity contribution >= 4 is 38.1 Å². The Morgan fingerprint density at radius 1 is 1.40 bits per heavy atom. The van der Waals surface area contributed by atoms with Crippen LogP contribution in [0.25, 0.3) is 0 Å². The van der Waals surface area contributed by atoms with Gasteiger partial charge in [0.15, 0.2) is 9.84 Å². The molecule has 1 saturated heterocycles. The van der Waals surface area contributed by atoms with Gasteiger partial charge in [0.1, 0.15) is 10.1 Å². The van der Waals surface area contributed by atoms with Crippen LogP contribution < -0.4 is 10.1 Å². The highest BCUT2D eigenvalue weighted by molar-refractivity contribution is 8.23. The van der Waals surface area contributed by atoms with Gasteiger partial charge >= 0.3 is 0 Å². The summed E-state index contributed by atoms with van der Waals surface area (Å²) in [6.45, 7) is 0.569. The van der Waals surface area contributed by atoms with Crippen LogP contribution in [0.1, 0.15) is 6.42 Å². The van der Waals surface area contributed by atoms with Crippen LogP contribution in [0.15, 0.2) is 30.3 Å². The van der Waals surface area contributed by atoms with Crippen molar-refractivity contribution in [2.24, 2.45) is 0 Å². The smallest absolute Gasteiger partial charge is 0.152 e. The number of thioether (sulfide) groups is 1. The van der Waals surface area contributed by atoms with E-state index in [9.17, 15) is 8.42 Å². The number of thiocarbonyl (C=S) groups is 1. The molecule has 4 nitrogen and oxygen atoms in total. The van der Waals surface area contributed by atoms with Crippen molar-refractivity contribution in [3.05, 3.63) is 30.3 Å². The van der Waals surface area contributed by atoms with Crippen LogP contribution in [-0.4, -0.2) is 42.6 Å². The third kappa shape index (κ3) is 5.30. The van der Waals surface area contributed by atoms with Gasteiger partial charge in [-0.15, -0.1) is 0 Å². The average molecular weight is 331 g/mol. The molecular formula is C13H17NO3S3. The van der Waals surface area contributed by atoms with Crippen molar-refractivity contribution in [3.63, 3.8) is 0 Å². The first-order valence-corrected chi connectivity index (χ1v) is 9.58. The largest absolute Gasteiger partial charge is 0.493 e. The van der Waals surface area contributed by atoms with Crippen molar-refractivity contribution in [1.82, 2.24) is 5.32 Å². The van der Waals surface area contributed by atoms with Gasteiger partial charge in [0.2, 0.25) is 0 Å². The topological polar surface area (TPSA) is 55.4 Å². The van der Waals surface area contributed by atoms with Crippen LogP contribution in [-0.2, 0) is 9.84 Å². The standard InChI is InChI=1S/C13H17NO3S3/c15-20(16)9-6-11(10-20)14-13(18)19-8-7-17-12-4-2-1-3-5-12/h1-5,11H,6-10H2,(H,14,18)/t11-/m0/s1. The van der Waals surface area contributed by atoms with E-state index >= 15 is 0 Å². The quantitative estimate of drug-likeness (QED) is 0.656. The van der Waals surface area contributed by atoms with Crippen molar-refractivity contribution in [2.45, 2.75) is 12.5 Å². The second-order valence-electron chi connectivity index (χ2n) is 4.54. The van der Waals surface area contributed by atoms with Gasteiger partial charge in [0, 0.05) is 11.8 Å². The third-order valence-electron chi connectivity index (χ3n) is 2.88. The number of hydrogen-bond donors (Lipinski definition) is 1. The number of benzene rings is 1. The highest BCUT2D eigenvalue weighted by Gasteiger charge is 2.28. The van der Waals surface area contributed by atoms with E-state index in [4.69, 9.17) is 17.0 Å².